The summed E-state index contributed by atoms with van der Waals surface area (Å²) in [5.41, 5.74) is 6.33. The fraction of sp³-hybridized carbons (Fsp3) is 0.429. The molecule has 9 nitrogen and oxygen atoms in total. The maximum atomic E-state index is 12.7. The molecule has 2 aromatic heterocycles. The van der Waals surface area contributed by atoms with Crippen molar-refractivity contribution in [3.8, 4) is 11.4 Å². The number of carbonyl (C=O) groups is 1. The second kappa shape index (κ2) is 6.49. The highest BCUT2D eigenvalue weighted by molar-refractivity contribution is 5.65. The van der Waals surface area contributed by atoms with Crippen molar-refractivity contribution in [1.29, 1.82) is 0 Å². The zero-order chi connectivity index (χ0) is 18.1. The second-order valence-electron chi connectivity index (χ2n) is 5.71. The molecule has 2 aromatic rings. The number of carboxylic acid groups (broad SMARTS) is 1. The number of hydrogen-bond acceptors (Lipinski definition) is 6. The van der Waals surface area contributed by atoms with Crippen LogP contribution in [0.4, 0.5) is 25.3 Å². The van der Waals surface area contributed by atoms with Crippen molar-refractivity contribution in [2.75, 3.05) is 30.8 Å². The van der Waals surface area contributed by atoms with Gasteiger partial charge >= 0.3 is 12.6 Å². The molecule has 3 rings (SSSR count). The summed E-state index contributed by atoms with van der Waals surface area (Å²) in [6, 6.07) is 2.87. The fourth-order valence-electron chi connectivity index (χ4n) is 2.75. The van der Waals surface area contributed by atoms with Gasteiger partial charge in [-0.2, -0.15) is 18.9 Å². The molecule has 1 aliphatic rings. The Morgan fingerprint density at radius 3 is 2.84 bits per heavy atom. The number of aromatic nitrogens is 4. The van der Waals surface area contributed by atoms with Gasteiger partial charge in [0.1, 0.15) is 11.5 Å². The average molecular weight is 353 g/mol. The van der Waals surface area contributed by atoms with Gasteiger partial charge in [-0.05, 0) is 12.5 Å². The zero-order valence-corrected chi connectivity index (χ0v) is 13.4. The number of hydrogen-bond donors (Lipinski definition) is 2. The predicted molar refractivity (Wildman–Crippen MR) is 85.3 cm³/mol. The van der Waals surface area contributed by atoms with Crippen LogP contribution in [0.1, 0.15) is 13.0 Å². The molecule has 11 heteroatoms. The number of halogens is 2. The first-order valence-electron chi connectivity index (χ1n) is 7.54. The highest BCUT2D eigenvalue weighted by Crippen LogP contribution is 2.26. The smallest absolute Gasteiger partial charge is 0.407 e. The molecule has 134 valence electrons. The van der Waals surface area contributed by atoms with Crippen LogP contribution in [0.2, 0.25) is 0 Å². The predicted octanol–water partition coefficient (Wildman–Crippen LogP) is 1.51. The number of rotatable bonds is 4. The Morgan fingerprint density at radius 2 is 2.20 bits per heavy atom. The van der Waals surface area contributed by atoms with Crippen LogP contribution < -0.4 is 10.6 Å². The van der Waals surface area contributed by atoms with Crippen LogP contribution in [-0.2, 0) is 0 Å². The third-order valence-corrected chi connectivity index (χ3v) is 4.14. The standard InChI is InChI=1S/C14H17F2N7O2/c1-21(14(24)25)8-2-4-22(7-8)11-6-10(18-13(17)19-11)9-3-5-23(20-9)12(15)16/h3,5-6,8,12H,2,4,7H2,1H3,(H,24,25)(H2,17,18,19)/t8-/m1/s1. The van der Waals surface area contributed by atoms with E-state index in [4.69, 9.17) is 10.8 Å². The molecule has 0 bridgehead atoms. The Morgan fingerprint density at radius 1 is 1.44 bits per heavy atom. The molecule has 0 aliphatic carbocycles. The van der Waals surface area contributed by atoms with Crippen molar-refractivity contribution in [1.82, 2.24) is 24.6 Å². The molecule has 3 N–H and O–H groups in total. The van der Waals surface area contributed by atoms with Gasteiger partial charge in [0.15, 0.2) is 0 Å². The number of anilines is 2. The third-order valence-electron chi connectivity index (χ3n) is 4.14. The number of nitrogens with zero attached hydrogens (tertiary/aromatic N) is 6. The second-order valence-corrected chi connectivity index (χ2v) is 5.71. The van der Waals surface area contributed by atoms with E-state index in [1.54, 1.807) is 6.07 Å². The van der Waals surface area contributed by atoms with E-state index >= 15 is 0 Å². The first-order chi connectivity index (χ1) is 11.8. The lowest BCUT2D eigenvalue weighted by atomic mass is 10.2. The Balaban J connectivity index is 1.83. The Hall–Kier alpha value is -2.98. The summed E-state index contributed by atoms with van der Waals surface area (Å²) in [6.07, 6.45) is 0.820. The molecule has 1 atom stereocenters. The summed E-state index contributed by atoms with van der Waals surface area (Å²) in [6.45, 7) is -1.67. The van der Waals surface area contributed by atoms with Gasteiger partial charge in [-0.25, -0.2) is 14.5 Å². The van der Waals surface area contributed by atoms with Crippen molar-refractivity contribution in [2.45, 2.75) is 19.0 Å². The van der Waals surface area contributed by atoms with E-state index in [1.807, 2.05) is 4.90 Å². The van der Waals surface area contributed by atoms with E-state index in [0.29, 0.717) is 35.7 Å². The van der Waals surface area contributed by atoms with Crippen molar-refractivity contribution in [2.24, 2.45) is 0 Å². The molecule has 0 spiro atoms. The highest BCUT2D eigenvalue weighted by atomic mass is 19.3. The minimum absolute atomic E-state index is 0.00543. The number of nitrogens with two attached hydrogens (primary N) is 1. The van der Waals surface area contributed by atoms with Gasteiger partial charge in [0.2, 0.25) is 5.95 Å². The number of nitrogen functional groups attached to an aromatic ring is 1. The lowest BCUT2D eigenvalue weighted by Crippen LogP contribution is -2.38. The quantitative estimate of drug-likeness (QED) is 0.856. The van der Waals surface area contributed by atoms with E-state index in [1.165, 1.54) is 18.0 Å². The Labute approximate surface area is 141 Å². The van der Waals surface area contributed by atoms with E-state index in [2.05, 4.69) is 15.1 Å². The largest absolute Gasteiger partial charge is 0.465 e. The van der Waals surface area contributed by atoms with Crippen LogP contribution in [0.25, 0.3) is 11.4 Å². The van der Waals surface area contributed by atoms with Gasteiger partial charge in [0.05, 0.1) is 11.7 Å². The van der Waals surface area contributed by atoms with Gasteiger partial charge in [0, 0.05) is 32.4 Å². The Bertz CT molecular complexity index is 782. The van der Waals surface area contributed by atoms with Crippen molar-refractivity contribution >= 4 is 17.9 Å². The van der Waals surface area contributed by atoms with Crippen LogP contribution in [0.5, 0.6) is 0 Å². The number of amides is 1. The number of likely N-dealkylation sites (N-methyl/N-ethyl adjacent to an activating group) is 1. The molecule has 25 heavy (non-hydrogen) atoms. The van der Waals surface area contributed by atoms with Crippen molar-refractivity contribution in [3.63, 3.8) is 0 Å². The van der Waals surface area contributed by atoms with Crippen LogP contribution in [0.3, 0.4) is 0 Å². The maximum Gasteiger partial charge on any atom is 0.407 e. The lowest BCUT2D eigenvalue weighted by molar-refractivity contribution is 0.0568. The average Bonchev–Trinajstić information content (AvgIpc) is 3.23. The van der Waals surface area contributed by atoms with E-state index in [-0.39, 0.29) is 17.7 Å². The van der Waals surface area contributed by atoms with Crippen molar-refractivity contribution in [3.05, 3.63) is 18.3 Å². The molecule has 0 aromatic carbocycles. The first kappa shape index (κ1) is 16.9. The van der Waals surface area contributed by atoms with Crippen LogP contribution >= 0.6 is 0 Å². The van der Waals surface area contributed by atoms with Gasteiger partial charge in [-0.15, -0.1) is 0 Å². The van der Waals surface area contributed by atoms with Gasteiger partial charge in [-0.1, -0.05) is 0 Å². The summed E-state index contributed by atoms with van der Waals surface area (Å²) < 4.78 is 25.9. The summed E-state index contributed by atoms with van der Waals surface area (Å²) in [7, 11) is 1.52. The lowest BCUT2D eigenvalue weighted by Gasteiger charge is -2.22. The minimum Gasteiger partial charge on any atom is -0.465 e. The molecule has 1 fully saturated rings. The van der Waals surface area contributed by atoms with Gasteiger partial charge < -0.3 is 20.6 Å². The molecule has 3 heterocycles. The van der Waals surface area contributed by atoms with Gasteiger partial charge in [-0.3, -0.25) is 0 Å². The molecule has 0 saturated carbocycles. The molecule has 0 unspecified atom stereocenters. The fourth-order valence-corrected chi connectivity index (χ4v) is 2.75. The zero-order valence-electron chi connectivity index (χ0n) is 13.4. The summed E-state index contributed by atoms with van der Waals surface area (Å²) >= 11 is 0. The normalized spacial score (nSPS) is 17.3. The minimum atomic E-state index is -2.74. The van der Waals surface area contributed by atoms with Crippen LogP contribution in [-0.4, -0.2) is 62.0 Å². The van der Waals surface area contributed by atoms with E-state index in [0.717, 1.165) is 6.20 Å². The van der Waals surface area contributed by atoms with E-state index in [9.17, 15) is 13.6 Å². The maximum absolute atomic E-state index is 12.7. The van der Waals surface area contributed by atoms with Gasteiger partial charge in [0.25, 0.3) is 0 Å². The van der Waals surface area contributed by atoms with E-state index < -0.39 is 12.6 Å². The molecule has 1 saturated heterocycles. The molecule has 1 amide bonds. The summed E-state index contributed by atoms with van der Waals surface area (Å²) in [5, 5.41) is 12.8. The number of alkyl halides is 2. The topological polar surface area (TPSA) is 113 Å². The molecule has 1 aliphatic heterocycles. The summed E-state index contributed by atoms with van der Waals surface area (Å²) in [5.74, 6) is 0.504. The van der Waals surface area contributed by atoms with Crippen LogP contribution in [0, 0.1) is 0 Å². The molecular formula is C14H17F2N7O2. The van der Waals surface area contributed by atoms with Crippen molar-refractivity contribution < 1.29 is 18.7 Å². The monoisotopic (exact) mass is 353 g/mol. The first-order valence-corrected chi connectivity index (χ1v) is 7.54. The molecular weight excluding hydrogens is 336 g/mol. The SMILES string of the molecule is CN(C(=O)O)[C@@H]1CCN(c2cc(-c3ccn(C(F)F)n3)nc(N)n2)C1. The van der Waals surface area contributed by atoms with Crippen LogP contribution in [0.15, 0.2) is 18.3 Å². The Kier molecular flexibility index (Phi) is 4.38. The summed E-state index contributed by atoms with van der Waals surface area (Å²) in [4.78, 5) is 22.4. The third kappa shape index (κ3) is 3.44. The molecule has 0 radical (unpaired) electrons. The highest BCUT2D eigenvalue weighted by Gasteiger charge is 2.29.